The Bertz CT molecular complexity index is 338. The lowest BCUT2D eigenvalue weighted by atomic mass is 10.2. The molecule has 1 rings (SSSR count). The van der Waals surface area contributed by atoms with Crippen molar-refractivity contribution in [3.8, 4) is 0 Å². The minimum atomic E-state index is 0.529. The maximum absolute atomic E-state index is 5.80. The maximum Gasteiger partial charge on any atom is 0.188 e. The van der Waals surface area contributed by atoms with Gasteiger partial charge in [0, 0.05) is 6.54 Å². The van der Waals surface area contributed by atoms with E-state index in [2.05, 4.69) is 23.5 Å². The van der Waals surface area contributed by atoms with Gasteiger partial charge in [-0.25, -0.2) is 4.99 Å². The molecule has 0 amide bonds. The van der Waals surface area contributed by atoms with E-state index in [0.717, 1.165) is 12.3 Å². The fourth-order valence-corrected chi connectivity index (χ4v) is 2.12. The smallest absolute Gasteiger partial charge is 0.188 e. The van der Waals surface area contributed by atoms with Gasteiger partial charge >= 0.3 is 0 Å². The lowest BCUT2D eigenvalue weighted by molar-refractivity contribution is 0.632. The molecule has 0 aliphatic rings. The van der Waals surface area contributed by atoms with Crippen molar-refractivity contribution in [2.75, 3.05) is 18.6 Å². The molecule has 0 fully saturated rings. The summed E-state index contributed by atoms with van der Waals surface area (Å²) in [6.45, 7) is 3.72. The average molecular weight is 251 g/mol. The van der Waals surface area contributed by atoms with Gasteiger partial charge in [0.05, 0.1) is 6.54 Å². The van der Waals surface area contributed by atoms with Crippen LogP contribution in [-0.4, -0.2) is 24.5 Å². The Kier molecular flexibility index (Phi) is 6.55. The topological polar surface area (TPSA) is 50.4 Å². The van der Waals surface area contributed by atoms with Crippen LogP contribution >= 0.6 is 11.8 Å². The minimum absolute atomic E-state index is 0.529. The third kappa shape index (κ3) is 6.22. The van der Waals surface area contributed by atoms with Crippen molar-refractivity contribution in [1.82, 2.24) is 5.32 Å². The number of thioether (sulfide) groups is 1. The fourth-order valence-electron chi connectivity index (χ4n) is 1.44. The summed E-state index contributed by atoms with van der Waals surface area (Å²) in [5.74, 6) is 2.27. The Morgan fingerprint density at radius 1 is 1.41 bits per heavy atom. The molecule has 0 aliphatic carbocycles. The standard InChI is InChI=1S/C13H21N3S/c1-11(10-17-2)8-15-13(14)16-9-12-6-4-3-5-7-12/h3-7,11H,8-10H2,1-2H3,(H3,14,15,16). The summed E-state index contributed by atoms with van der Waals surface area (Å²) in [4.78, 5) is 4.30. The molecule has 0 aliphatic heterocycles. The highest BCUT2D eigenvalue weighted by Gasteiger charge is 2.00. The number of hydrogen-bond acceptors (Lipinski definition) is 2. The van der Waals surface area contributed by atoms with E-state index in [1.807, 2.05) is 42.1 Å². The highest BCUT2D eigenvalue weighted by atomic mass is 32.2. The molecule has 0 bridgehead atoms. The summed E-state index contributed by atoms with van der Waals surface area (Å²) in [6, 6.07) is 10.1. The number of nitrogens with two attached hydrogens (primary N) is 1. The summed E-state index contributed by atoms with van der Waals surface area (Å²) in [5, 5.41) is 3.15. The second-order valence-electron chi connectivity index (χ2n) is 4.13. The van der Waals surface area contributed by atoms with E-state index < -0.39 is 0 Å². The molecule has 4 heteroatoms. The number of hydrogen-bond donors (Lipinski definition) is 2. The number of nitrogens with one attached hydrogen (secondary N) is 1. The van der Waals surface area contributed by atoms with Gasteiger partial charge in [-0.1, -0.05) is 37.3 Å². The zero-order valence-electron chi connectivity index (χ0n) is 10.5. The molecule has 1 atom stereocenters. The SMILES string of the molecule is CSCC(C)CNC(N)=NCc1ccccc1. The van der Waals surface area contributed by atoms with Crippen LogP contribution in [0, 0.1) is 5.92 Å². The molecule has 0 heterocycles. The third-order valence-electron chi connectivity index (χ3n) is 2.36. The summed E-state index contributed by atoms with van der Waals surface area (Å²) >= 11 is 1.85. The Morgan fingerprint density at radius 3 is 2.76 bits per heavy atom. The van der Waals surface area contributed by atoms with Crippen LogP contribution < -0.4 is 11.1 Å². The number of rotatable bonds is 6. The second kappa shape index (κ2) is 8.01. The van der Waals surface area contributed by atoms with Crippen molar-refractivity contribution in [2.24, 2.45) is 16.6 Å². The van der Waals surface area contributed by atoms with E-state index in [1.165, 1.54) is 5.56 Å². The zero-order valence-corrected chi connectivity index (χ0v) is 11.3. The molecule has 1 aromatic rings. The molecule has 1 aromatic carbocycles. The van der Waals surface area contributed by atoms with E-state index >= 15 is 0 Å². The van der Waals surface area contributed by atoms with Crippen molar-refractivity contribution >= 4 is 17.7 Å². The van der Waals surface area contributed by atoms with Gasteiger partial charge in [0.1, 0.15) is 0 Å². The number of nitrogens with zero attached hydrogens (tertiary/aromatic N) is 1. The highest BCUT2D eigenvalue weighted by Crippen LogP contribution is 2.02. The molecule has 17 heavy (non-hydrogen) atoms. The third-order valence-corrected chi connectivity index (χ3v) is 3.26. The van der Waals surface area contributed by atoms with E-state index in [9.17, 15) is 0 Å². The fraction of sp³-hybridized carbons (Fsp3) is 0.462. The van der Waals surface area contributed by atoms with Crippen LogP contribution in [0.1, 0.15) is 12.5 Å². The van der Waals surface area contributed by atoms with Crippen molar-refractivity contribution in [2.45, 2.75) is 13.5 Å². The van der Waals surface area contributed by atoms with Gasteiger partial charge in [0.25, 0.3) is 0 Å². The van der Waals surface area contributed by atoms with Crippen LogP contribution in [0.15, 0.2) is 35.3 Å². The first kappa shape index (κ1) is 13.9. The molecular formula is C13H21N3S. The summed E-state index contributed by atoms with van der Waals surface area (Å²) < 4.78 is 0. The molecule has 0 aromatic heterocycles. The van der Waals surface area contributed by atoms with Gasteiger partial charge in [-0.15, -0.1) is 0 Å². The summed E-state index contributed by atoms with van der Waals surface area (Å²) in [6.07, 6.45) is 2.11. The van der Waals surface area contributed by atoms with Gasteiger partial charge in [0.15, 0.2) is 5.96 Å². The van der Waals surface area contributed by atoms with Crippen LogP contribution in [0.25, 0.3) is 0 Å². The summed E-state index contributed by atoms with van der Waals surface area (Å²) in [7, 11) is 0. The molecule has 3 N–H and O–H groups in total. The Morgan fingerprint density at radius 2 is 2.12 bits per heavy atom. The first-order valence-electron chi connectivity index (χ1n) is 5.79. The van der Waals surface area contributed by atoms with Crippen LogP contribution in [0.5, 0.6) is 0 Å². The van der Waals surface area contributed by atoms with E-state index in [4.69, 9.17) is 5.73 Å². The van der Waals surface area contributed by atoms with Crippen LogP contribution in [0.4, 0.5) is 0 Å². The lowest BCUT2D eigenvalue weighted by Gasteiger charge is -2.11. The lowest BCUT2D eigenvalue weighted by Crippen LogP contribution is -2.35. The van der Waals surface area contributed by atoms with Gasteiger partial charge in [-0.2, -0.15) is 11.8 Å². The van der Waals surface area contributed by atoms with Crippen molar-refractivity contribution in [3.05, 3.63) is 35.9 Å². The molecule has 0 spiro atoms. The first-order valence-corrected chi connectivity index (χ1v) is 7.18. The molecule has 3 nitrogen and oxygen atoms in total. The quantitative estimate of drug-likeness (QED) is 0.601. The Balaban J connectivity index is 2.30. The molecule has 0 saturated carbocycles. The van der Waals surface area contributed by atoms with Gasteiger partial charge in [-0.3, -0.25) is 0 Å². The molecule has 1 unspecified atom stereocenters. The van der Waals surface area contributed by atoms with Crippen molar-refractivity contribution in [1.29, 1.82) is 0 Å². The average Bonchev–Trinajstić information content (AvgIpc) is 2.35. The van der Waals surface area contributed by atoms with Crippen LogP contribution in [-0.2, 0) is 6.54 Å². The van der Waals surface area contributed by atoms with Gasteiger partial charge in [0.2, 0.25) is 0 Å². The predicted molar refractivity (Wildman–Crippen MR) is 77.3 cm³/mol. The van der Waals surface area contributed by atoms with Gasteiger partial charge < -0.3 is 11.1 Å². The largest absolute Gasteiger partial charge is 0.370 e. The number of aliphatic imine (C=N–C) groups is 1. The Hall–Kier alpha value is -1.16. The van der Waals surface area contributed by atoms with E-state index in [-0.39, 0.29) is 0 Å². The molecular weight excluding hydrogens is 230 g/mol. The normalized spacial score (nSPS) is 13.4. The Labute approximate surface area is 108 Å². The molecule has 0 radical (unpaired) electrons. The van der Waals surface area contributed by atoms with E-state index in [1.54, 1.807) is 0 Å². The predicted octanol–water partition coefficient (Wildman–Crippen LogP) is 2.09. The van der Waals surface area contributed by atoms with Crippen LogP contribution in [0.2, 0.25) is 0 Å². The zero-order chi connectivity index (χ0) is 12.5. The highest BCUT2D eigenvalue weighted by molar-refractivity contribution is 7.98. The molecule has 94 valence electrons. The van der Waals surface area contributed by atoms with Crippen LogP contribution in [0.3, 0.4) is 0 Å². The maximum atomic E-state index is 5.80. The van der Waals surface area contributed by atoms with E-state index in [0.29, 0.717) is 18.4 Å². The molecule has 0 saturated heterocycles. The monoisotopic (exact) mass is 251 g/mol. The van der Waals surface area contributed by atoms with Crippen molar-refractivity contribution in [3.63, 3.8) is 0 Å². The second-order valence-corrected chi connectivity index (χ2v) is 5.04. The number of benzene rings is 1. The number of guanidine groups is 1. The minimum Gasteiger partial charge on any atom is -0.370 e. The first-order chi connectivity index (χ1) is 8.22. The van der Waals surface area contributed by atoms with Crippen molar-refractivity contribution < 1.29 is 0 Å². The van der Waals surface area contributed by atoms with Gasteiger partial charge in [-0.05, 0) is 23.5 Å². The summed E-state index contributed by atoms with van der Waals surface area (Å²) in [5.41, 5.74) is 6.97.